The predicted octanol–water partition coefficient (Wildman–Crippen LogP) is 3.12. The number of aryl methyl sites for hydroxylation is 2. The van der Waals surface area contributed by atoms with Gasteiger partial charge >= 0.3 is 0 Å². The van der Waals surface area contributed by atoms with Crippen molar-refractivity contribution in [3.05, 3.63) is 50.6 Å². The quantitative estimate of drug-likeness (QED) is 0.869. The molecule has 6 heteroatoms. The number of halogens is 1. The summed E-state index contributed by atoms with van der Waals surface area (Å²) in [5.41, 5.74) is 2.64. The average molecular weight is 351 g/mol. The van der Waals surface area contributed by atoms with Gasteiger partial charge in [-0.1, -0.05) is 19.4 Å². The third-order valence-corrected chi connectivity index (χ3v) is 3.93. The van der Waals surface area contributed by atoms with Gasteiger partial charge in [0.15, 0.2) is 0 Å². The summed E-state index contributed by atoms with van der Waals surface area (Å²) in [6, 6.07) is 3.98. The topological polar surface area (TPSA) is 59.8 Å². The van der Waals surface area contributed by atoms with Crippen LogP contribution in [0.3, 0.4) is 0 Å². The van der Waals surface area contributed by atoms with Crippen molar-refractivity contribution in [3.8, 4) is 0 Å². The lowest BCUT2D eigenvalue weighted by atomic mass is 10.2. The zero-order valence-electron chi connectivity index (χ0n) is 12.3. The van der Waals surface area contributed by atoms with E-state index < -0.39 is 0 Å². The van der Waals surface area contributed by atoms with E-state index in [-0.39, 0.29) is 5.56 Å². The number of hydrogen-bond acceptors (Lipinski definition) is 4. The number of anilines is 1. The Morgan fingerprint density at radius 3 is 2.81 bits per heavy atom. The molecule has 112 valence electrons. The molecule has 0 spiro atoms. The van der Waals surface area contributed by atoms with E-state index in [0.717, 1.165) is 24.1 Å². The van der Waals surface area contributed by atoms with Gasteiger partial charge in [-0.25, -0.2) is 4.68 Å². The Hall–Kier alpha value is -1.69. The highest BCUT2D eigenvalue weighted by atomic mass is 79.9. The van der Waals surface area contributed by atoms with E-state index in [4.69, 9.17) is 0 Å². The number of unbranched alkanes of at least 4 members (excludes halogenated alkanes) is 1. The summed E-state index contributed by atoms with van der Waals surface area (Å²) in [6.07, 6.45) is 5.49. The molecule has 0 aromatic carbocycles. The van der Waals surface area contributed by atoms with Gasteiger partial charge in [0.25, 0.3) is 5.56 Å². The first-order valence-electron chi connectivity index (χ1n) is 7.03. The molecule has 0 aliphatic carbocycles. The fraction of sp³-hybridized carbons (Fsp3) is 0.400. The zero-order valence-corrected chi connectivity index (χ0v) is 13.9. The first-order valence-corrected chi connectivity index (χ1v) is 7.82. The van der Waals surface area contributed by atoms with Gasteiger partial charge < -0.3 is 5.32 Å². The van der Waals surface area contributed by atoms with Crippen LogP contribution in [0.1, 0.15) is 31.0 Å². The van der Waals surface area contributed by atoms with Gasteiger partial charge in [-0.15, -0.1) is 0 Å². The van der Waals surface area contributed by atoms with E-state index >= 15 is 0 Å². The van der Waals surface area contributed by atoms with Gasteiger partial charge in [0.05, 0.1) is 11.9 Å². The number of nitrogens with one attached hydrogen (secondary N) is 1. The van der Waals surface area contributed by atoms with E-state index in [2.05, 4.69) is 38.3 Å². The van der Waals surface area contributed by atoms with Gasteiger partial charge in [0, 0.05) is 25.0 Å². The van der Waals surface area contributed by atoms with Crippen LogP contribution in [0, 0.1) is 6.92 Å². The molecule has 0 bridgehead atoms. The summed E-state index contributed by atoms with van der Waals surface area (Å²) >= 11 is 3.36. The average Bonchev–Trinajstić information content (AvgIpc) is 2.49. The Balaban J connectivity index is 2.08. The zero-order chi connectivity index (χ0) is 15.2. The lowest BCUT2D eigenvalue weighted by molar-refractivity contribution is 0.541. The predicted molar refractivity (Wildman–Crippen MR) is 87.4 cm³/mol. The maximum atomic E-state index is 12.2. The van der Waals surface area contributed by atoms with E-state index in [9.17, 15) is 4.79 Å². The van der Waals surface area contributed by atoms with Crippen LogP contribution in [0.2, 0.25) is 0 Å². The molecule has 0 amide bonds. The number of nitrogens with zero attached hydrogens (tertiary/aromatic N) is 3. The highest BCUT2D eigenvalue weighted by Crippen LogP contribution is 2.17. The molecule has 2 aromatic rings. The van der Waals surface area contributed by atoms with Crippen molar-refractivity contribution < 1.29 is 0 Å². The molecule has 2 rings (SSSR count). The molecule has 0 aliphatic heterocycles. The van der Waals surface area contributed by atoms with Crippen LogP contribution in [0.4, 0.5) is 5.69 Å². The second-order valence-corrected chi connectivity index (χ2v) is 5.71. The third-order valence-electron chi connectivity index (χ3n) is 3.16. The standard InChI is InChI=1S/C15H19BrN4O/c1-3-4-7-20-15(21)14(16)13(10-19-20)18-9-12-6-5-11(2)17-8-12/h5-6,8,10,18H,3-4,7,9H2,1-2H3. The summed E-state index contributed by atoms with van der Waals surface area (Å²) < 4.78 is 2.01. The van der Waals surface area contributed by atoms with Crippen molar-refractivity contribution in [1.29, 1.82) is 0 Å². The fourth-order valence-electron chi connectivity index (χ4n) is 1.86. The molecule has 0 atom stereocenters. The molecule has 0 aliphatic rings. The van der Waals surface area contributed by atoms with E-state index in [1.165, 1.54) is 4.68 Å². The SMILES string of the molecule is CCCCn1ncc(NCc2ccc(C)nc2)c(Br)c1=O. The highest BCUT2D eigenvalue weighted by molar-refractivity contribution is 9.10. The maximum Gasteiger partial charge on any atom is 0.283 e. The molecule has 21 heavy (non-hydrogen) atoms. The first-order chi connectivity index (χ1) is 10.1. The van der Waals surface area contributed by atoms with Crippen LogP contribution < -0.4 is 10.9 Å². The maximum absolute atomic E-state index is 12.2. The van der Waals surface area contributed by atoms with Gasteiger partial charge in [-0.2, -0.15) is 5.10 Å². The van der Waals surface area contributed by atoms with Crippen LogP contribution in [-0.2, 0) is 13.1 Å². The third kappa shape index (κ3) is 4.14. The summed E-state index contributed by atoms with van der Waals surface area (Å²) in [5, 5.41) is 7.41. The molecular formula is C15H19BrN4O. The Labute approximate surface area is 132 Å². The van der Waals surface area contributed by atoms with Crippen molar-refractivity contribution >= 4 is 21.6 Å². The second kappa shape index (κ2) is 7.36. The van der Waals surface area contributed by atoms with E-state index in [0.29, 0.717) is 23.2 Å². The van der Waals surface area contributed by atoms with Crippen molar-refractivity contribution in [1.82, 2.24) is 14.8 Å². The fourth-order valence-corrected chi connectivity index (χ4v) is 2.30. The normalized spacial score (nSPS) is 10.6. The molecule has 0 radical (unpaired) electrons. The smallest absolute Gasteiger partial charge is 0.283 e. The lowest BCUT2D eigenvalue weighted by Crippen LogP contribution is -2.24. The molecule has 0 saturated heterocycles. The molecule has 1 N–H and O–H groups in total. The summed E-state index contributed by atoms with van der Waals surface area (Å²) in [5.74, 6) is 0. The molecular weight excluding hydrogens is 332 g/mol. The summed E-state index contributed by atoms with van der Waals surface area (Å²) in [7, 11) is 0. The van der Waals surface area contributed by atoms with Crippen LogP contribution >= 0.6 is 15.9 Å². The number of pyridine rings is 1. The molecule has 2 heterocycles. The van der Waals surface area contributed by atoms with Gasteiger partial charge in [0.2, 0.25) is 0 Å². The number of aromatic nitrogens is 3. The van der Waals surface area contributed by atoms with Gasteiger partial charge in [-0.05, 0) is 40.9 Å². The molecule has 0 saturated carbocycles. The lowest BCUT2D eigenvalue weighted by Gasteiger charge is -2.10. The minimum Gasteiger partial charge on any atom is -0.379 e. The van der Waals surface area contributed by atoms with Crippen molar-refractivity contribution in [2.24, 2.45) is 0 Å². The Morgan fingerprint density at radius 2 is 2.14 bits per heavy atom. The first kappa shape index (κ1) is 15.7. The Bertz CT molecular complexity index is 652. The molecule has 0 fully saturated rings. The Morgan fingerprint density at radius 1 is 1.33 bits per heavy atom. The molecule has 5 nitrogen and oxygen atoms in total. The number of hydrogen-bond donors (Lipinski definition) is 1. The molecule has 0 unspecified atom stereocenters. The van der Waals surface area contributed by atoms with Crippen LogP contribution in [0.5, 0.6) is 0 Å². The van der Waals surface area contributed by atoms with Crippen molar-refractivity contribution in [2.45, 2.75) is 39.8 Å². The minimum absolute atomic E-state index is 0.101. The van der Waals surface area contributed by atoms with Crippen LogP contribution in [0.15, 0.2) is 33.8 Å². The summed E-state index contributed by atoms with van der Waals surface area (Å²) in [4.78, 5) is 16.4. The monoisotopic (exact) mass is 350 g/mol. The summed E-state index contributed by atoms with van der Waals surface area (Å²) in [6.45, 7) is 5.29. The minimum atomic E-state index is -0.101. The van der Waals surface area contributed by atoms with E-state index in [1.807, 2.05) is 25.3 Å². The second-order valence-electron chi connectivity index (χ2n) is 4.92. The number of rotatable bonds is 6. The molecule has 2 aromatic heterocycles. The van der Waals surface area contributed by atoms with Crippen LogP contribution in [-0.4, -0.2) is 14.8 Å². The van der Waals surface area contributed by atoms with Crippen molar-refractivity contribution in [3.63, 3.8) is 0 Å². The van der Waals surface area contributed by atoms with Crippen molar-refractivity contribution in [2.75, 3.05) is 5.32 Å². The highest BCUT2D eigenvalue weighted by Gasteiger charge is 2.08. The van der Waals surface area contributed by atoms with Crippen LogP contribution in [0.25, 0.3) is 0 Å². The van der Waals surface area contributed by atoms with E-state index in [1.54, 1.807) is 6.20 Å². The Kier molecular flexibility index (Phi) is 5.50. The largest absolute Gasteiger partial charge is 0.379 e. The van der Waals surface area contributed by atoms with Gasteiger partial charge in [-0.3, -0.25) is 9.78 Å². The van der Waals surface area contributed by atoms with Gasteiger partial charge in [0.1, 0.15) is 4.47 Å².